The van der Waals surface area contributed by atoms with Gasteiger partial charge in [0.1, 0.15) is 5.78 Å². The molecule has 0 saturated heterocycles. The number of rotatable bonds is 3. The molecule has 1 nitrogen and oxygen atoms in total. The van der Waals surface area contributed by atoms with Gasteiger partial charge in [0, 0.05) is 38.6 Å². The Balaban J connectivity index is -0.000000320. The third-order valence-electron chi connectivity index (χ3n) is 1.46. The van der Waals surface area contributed by atoms with Gasteiger partial charge in [0.15, 0.2) is 0 Å². The molecule has 65 valence electrons. The smallest absolute Gasteiger partial charge is 0.108 e. The van der Waals surface area contributed by atoms with Crippen molar-refractivity contribution in [3.05, 3.63) is 6.92 Å². The molecule has 0 aliphatic rings. The molecule has 0 spiro atoms. The minimum atomic E-state index is 0. The van der Waals surface area contributed by atoms with Gasteiger partial charge in [-0.1, -0.05) is 34.6 Å². The minimum absolute atomic E-state index is 0. The second kappa shape index (κ2) is 8.87. The molecule has 0 amide bonds. The van der Waals surface area contributed by atoms with Crippen LogP contribution in [0.15, 0.2) is 0 Å². The maximum atomic E-state index is 11.0. The van der Waals surface area contributed by atoms with E-state index in [2.05, 4.69) is 6.92 Å². The summed E-state index contributed by atoms with van der Waals surface area (Å²) in [6.07, 6.45) is 0.858. The number of Topliss-reactive ketones (excluding diaryl/α,β-unsaturated/α-hetero) is 1. The molecule has 11 heavy (non-hydrogen) atoms. The monoisotopic (exact) mass is 232 g/mol. The molecule has 0 saturated carbocycles. The molecule has 0 aliphatic carbocycles. The zero-order valence-electron chi connectivity index (χ0n) is 7.05. The van der Waals surface area contributed by atoms with Gasteiger partial charge in [0.05, 0.1) is 0 Å². The Morgan fingerprint density at radius 1 is 1.45 bits per heavy atom. The Morgan fingerprint density at radius 2 is 1.82 bits per heavy atom. The van der Waals surface area contributed by atoms with Crippen molar-refractivity contribution in [2.45, 2.75) is 34.6 Å². The van der Waals surface area contributed by atoms with Crippen LogP contribution in [-0.2, 0) is 37.5 Å². The van der Waals surface area contributed by atoms with Crippen molar-refractivity contribution in [2.75, 3.05) is 0 Å². The summed E-state index contributed by atoms with van der Waals surface area (Å²) in [7, 11) is 0. The molecule has 0 aromatic heterocycles. The quantitative estimate of drug-likeness (QED) is 0.684. The number of carbonyl (C=O) groups is 1. The number of carbonyl (C=O) groups excluding carboxylic acids is 1. The van der Waals surface area contributed by atoms with Crippen LogP contribution in [0.2, 0.25) is 0 Å². The normalized spacial score (nSPS) is 11.4. The van der Waals surface area contributed by atoms with Gasteiger partial charge in [-0.3, -0.25) is 0 Å². The van der Waals surface area contributed by atoms with Crippen LogP contribution < -0.4 is 0 Å². The molecular formula is C9H19OY-. The van der Waals surface area contributed by atoms with E-state index in [0.717, 1.165) is 6.42 Å². The van der Waals surface area contributed by atoms with Crippen LogP contribution >= 0.6 is 0 Å². The summed E-state index contributed by atoms with van der Waals surface area (Å²) in [6, 6.07) is 0. The van der Waals surface area contributed by atoms with Gasteiger partial charge in [-0.15, -0.1) is 5.92 Å². The van der Waals surface area contributed by atoms with E-state index < -0.39 is 0 Å². The Hall–Kier alpha value is 0.774. The summed E-state index contributed by atoms with van der Waals surface area (Å²) in [6.45, 7) is 9.54. The number of hydrogen-bond acceptors (Lipinski definition) is 1. The van der Waals surface area contributed by atoms with Crippen LogP contribution in [0.5, 0.6) is 0 Å². The van der Waals surface area contributed by atoms with Crippen molar-refractivity contribution < 1.29 is 37.5 Å². The summed E-state index contributed by atoms with van der Waals surface area (Å²) in [4.78, 5) is 11.0. The summed E-state index contributed by atoms with van der Waals surface area (Å²) < 4.78 is 0. The van der Waals surface area contributed by atoms with E-state index in [4.69, 9.17) is 0 Å². The summed E-state index contributed by atoms with van der Waals surface area (Å²) in [5.74, 6) is 0.426. The van der Waals surface area contributed by atoms with Crippen LogP contribution in [-0.4, -0.2) is 5.78 Å². The maximum Gasteiger partial charge on any atom is 0.108 e. The van der Waals surface area contributed by atoms with Crippen LogP contribution in [0.25, 0.3) is 0 Å². The largest absolute Gasteiger partial charge is 0.333 e. The van der Waals surface area contributed by atoms with Crippen molar-refractivity contribution >= 4 is 5.78 Å². The van der Waals surface area contributed by atoms with Crippen LogP contribution in [0.3, 0.4) is 0 Å². The predicted octanol–water partition coefficient (Wildman–Crippen LogP) is 2.71. The molecule has 0 aromatic carbocycles. The first-order valence-electron chi connectivity index (χ1n) is 3.46. The Labute approximate surface area is 96.2 Å². The van der Waals surface area contributed by atoms with Gasteiger partial charge >= 0.3 is 0 Å². The minimum Gasteiger partial charge on any atom is -0.333 e. The molecule has 0 fully saturated rings. The fourth-order valence-corrected chi connectivity index (χ4v) is 0.673. The van der Waals surface area contributed by atoms with E-state index in [1.807, 2.05) is 20.8 Å². The van der Waals surface area contributed by atoms with Gasteiger partial charge in [0.25, 0.3) is 0 Å². The fraction of sp³-hybridized carbons (Fsp3) is 0.778. The van der Waals surface area contributed by atoms with Crippen molar-refractivity contribution in [1.29, 1.82) is 0 Å². The summed E-state index contributed by atoms with van der Waals surface area (Å²) in [5, 5.41) is 0. The van der Waals surface area contributed by atoms with Crippen LogP contribution in [0, 0.1) is 18.8 Å². The second-order valence-corrected chi connectivity index (χ2v) is 2.66. The molecule has 2 heteroatoms. The van der Waals surface area contributed by atoms with E-state index >= 15 is 0 Å². The van der Waals surface area contributed by atoms with Crippen molar-refractivity contribution in [1.82, 2.24) is 0 Å². The molecule has 0 rings (SSSR count). The molecule has 0 aliphatic heterocycles. The van der Waals surface area contributed by atoms with E-state index in [0.29, 0.717) is 0 Å². The fourth-order valence-electron chi connectivity index (χ4n) is 0.673. The van der Waals surface area contributed by atoms with Gasteiger partial charge in [0.2, 0.25) is 0 Å². The van der Waals surface area contributed by atoms with Gasteiger partial charge in [-0.25, -0.2) is 0 Å². The molecular weight excluding hydrogens is 213 g/mol. The van der Waals surface area contributed by atoms with Crippen molar-refractivity contribution in [2.24, 2.45) is 11.8 Å². The molecule has 1 radical (unpaired) electrons. The van der Waals surface area contributed by atoms with Gasteiger partial charge in [-0.2, -0.15) is 0 Å². The molecule has 0 bridgehead atoms. The standard InChI is InChI=1S/C8H15O.CH4.Y/c1-5-7(4)8(9)6(2)3;;/h6-7H,4-5H2,1-3H3;1H4;/q-1;;. The third kappa shape index (κ3) is 7.15. The average Bonchev–Trinajstić information content (AvgIpc) is 1.84. The summed E-state index contributed by atoms with van der Waals surface area (Å²) >= 11 is 0. The van der Waals surface area contributed by atoms with E-state index in [1.165, 1.54) is 0 Å². The van der Waals surface area contributed by atoms with E-state index in [9.17, 15) is 4.79 Å². The number of ketones is 1. The SMILES string of the molecule is C.[CH2-]C(CC)C(=O)C(C)C.[Y]. The first-order chi connectivity index (χ1) is 4.09. The van der Waals surface area contributed by atoms with Gasteiger partial charge in [-0.05, 0) is 0 Å². The van der Waals surface area contributed by atoms with Crippen LogP contribution in [0.1, 0.15) is 34.6 Å². The molecule has 1 atom stereocenters. The number of hydrogen-bond donors (Lipinski definition) is 0. The van der Waals surface area contributed by atoms with E-state index in [-0.39, 0.29) is 57.8 Å². The zero-order valence-corrected chi connectivity index (χ0v) is 9.89. The van der Waals surface area contributed by atoms with Gasteiger partial charge < -0.3 is 11.7 Å². The second-order valence-electron chi connectivity index (χ2n) is 2.66. The molecule has 0 N–H and O–H groups in total. The maximum absolute atomic E-state index is 11.0. The molecule has 0 heterocycles. The first-order valence-corrected chi connectivity index (χ1v) is 3.46. The van der Waals surface area contributed by atoms with Crippen molar-refractivity contribution in [3.63, 3.8) is 0 Å². The average molecular weight is 232 g/mol. The zero-order chi connectivity index (χ0) is 7.44. The van der Waals surface area contributed by atoms with E-state index in [1.54, 1.807) is 0 Å². The Kier molecular flexibility index (Phi) is 14.3. The third-order valence-corrected chi connectivity index (χ3v) is 1.46. The summed E-state index contributed by atoms with van der Waals surface area (Å²) in [5.41, 5.74) is 0. The topological polar surface area (TPSA) is 17.1 Å². The molecule has 1 unspecified atom stereocenters. The van der Waals surface area contributed by atoms with Crippen LogP contribution in [0.4, 0.5) is 0 Å². The first kappa shape index (κ1) is 17.8. The molecule has 0 aromatic rings. The Bertz CT molecular complexity index is 99.7. The predicted molar refractivity (Wildman–Crippen MR) is 45.7 cm³/mol. The van der Waals surface area contributed by atoms with Crippen molar-refractivity contribution in [3.8, 4) is 0 Å². The Morgan fingerprint density at radius 3 is 1.91 bits per heavy atom.